The van der Waals surface area contributed by atoms with Gasteiger partial charge in [-0.25, -0.2) is 9.37 Å². The molecule has 0 saturated carbocycles. The first-order chi connectivity index (χ1) is 15.2. The van der Waals surface area contributed by atoms with Crippen LogP contribution in [-0.2, 0) is 0 Å². The lowest BCUT2D eigenvalue weighted by molar-refractivity contribution is 0.0675. The first kappa shape index (κ1) is 19.6. The van der Waals surface area contributed by atoms with E-state index in [4.69, 9.17) is 4.42 Å². The Morgan fingerprint density at radius 2 is 1.90 bits per heavy atom. The molecule has 1 amide bonds. The zero-order valence-corrected chi connectivity index (χ0v) is 17.4. The number of likely N-dealkylation sites (tertiary alicyclic amines) is 1. The molecule has 1 aliphatic heterocycles. The summed E-state index contributed by atoms with van der Waals surface area (Å²) in [6.07, 6.45) is 3.24. The minimum absolute atomic E-state index is 0.0623. The van der Waals surface area contributed by atoms with Crippen molar-refractivity contribution in [2.24, 2.45) is 0 Å². The molecule has 5 rings (SSSR count). The fraction of sp³-hybridized carbons (Fsp3) is 0.217. The van der Waals surface area contributed by atoms with Gasteiger partial charge >= 0.3 is 0 Å². The van der Waals surface area contributed by atoms with Crippen LogP contribution in [0.2, 0.25) is 0 Å². The highest BCUT2D eigenvalue weighted by atomic mass is 32.1. The topological polar surface area (TPSA) is 72.1 Å². The zero-order valence-electron chi connectivity index (χ0n) is 16.6. The van der Waals surface area contributed by atoms with E-state index in [1.165, 1.54) is 23.6 Å². The van der Waals surface area contributed by atoms with E-state index in [9.17, 15) is 9.18 Å². The Balaban J connectivity index is 1.31. The van der Waals surface area contributed by atoms with Gasteiger partial charge in [-0.3, -0.25) is 4.79 Å². The van der Waals surface area contributed by atoms with Crippen molar-refractivity contribution >= 4 is 17.2 Å². The summed E-state index contributed by atoms with van der Waals surface area (Å²) in [5, 5.41) is 9.85. The van der Waals surface area contributed by atoms with E-state index in [1.54, 1.807) is 23.1 Å². The van der Waals surface area contributed by atoms with Gasteiger partial charge in [0.05, 0.1) is 6.20 Å². The van der Waals surface area contributed by atoms with E-state index in [2.05, 4.69) is 15.2 Å². The van der Waals surface area contributed by atoms with Crippen LogP contribution in [0.15, 0.2) is 65.2 Å². The SMILES string of the molecule is O=C(c1cnc(-c2ccccc2)o1)N1CCCC(c2nnc(-c3ccccc3F)s2)C1. The normalized spacial score (nSPS) is 16.4. The van der Waals surface area contributed by atoms with Crippen LogP contribution in [0.25, 0.3) is 22.0 Å². The number of oxazole rings is 1. The predicted octanol–water partition coefficient (Wildman–Crippen LogP) is 5.02. The number of benzene rings is 2. The fourth-order valence-corrected chi connectivity index (χ4v) is 4.75. The molecule has 0 spiro atoms. The van der Waals surface area contributed by atoms with Gasteiger partial charge in [-0.2, -0.15) is 0 Å². The van der Waals surface area contributed by atoms with Crippen LogP contribution in [-0.4, -0.2) is 39.1 Å². The highest BCUT2D eigenvalue weighted by Gasteiger charge is 2.30. The molecule has 4 aromatic rings. The average molecular weight is 434 g/mol. The fourth-order valence-electron chi connectivity index (χ4n) is 3.75. The van der Waals surface area contributed by atoms with Crippen LogP contribution in [0.4, 0.5) is 4.39 Å². The smallest absolute Gasteiger partial charge is 0.291 e. The molecule has 1 unspecified atom stereocenters. The van der Waals surface area contributed by atoms with Crippen LogP contribution in [0.5, 0.6) is 0 Å². The molecule has 31 heavy (non-hydrogen) atoms. The molecule has 0 aliphatic carbocycles. The minimum atomic E-state index is -0.315. The van der Waals surface area contributed by atoms with Crippen molar-refractivity contribution < 1.29 is 13.6 Å². The van der Waals surface area contributed by atoms with Crippen LogP contribution < -0.4 is 0 Å². The van der Waals surface area contributed by atoms with Crippen LogP contribution in [0, 0.1) is 5.82 Å². The minimum Gasteiger partial charge on any atom is -0.431 e. The monoisotopic (exact) mass is 434 g/mol. The standard InChI is InChI=1S/C23H19FN4O2S/c24-18-11-5-4-10-17(18)22-27-26-21(31-22)16-9-6-12-28(14-16)23(29)19-13-25-20(30-19)15-7-2-1-3-8-15/h1-5,7-8,10-11,13,16H,6,9,12,14H2. The van der Waals surface area contributed by atoms with E-state index in [-0.39, 0.29) is 23.4 Å². The van der Waals surface area contributed by atoms with Crippen LogP contribution >= 0.6 is 11.3 Å². The third-order valence-electron chi connectivity index (χ3n) is 5.34. The summed E-state index contributed by atoms with van der Waals surface area (Å²) in [5.41, 5.74) is 1.28. The lowest BCUT2D eigenvalue weighted by atomic mass is 9.98. The predicted molar refractivity (Wildman–Crippen MR) is 115 cm³/mol. The maximum absolute atomic E-state index is 14.1. The Labute approximate surface area is 182 Å². The maximum Gasteiger partial charge on any atom is 0.291 e. The van der Waals surface area contributed by atoms with Crippen molar-refractivity contribution in [3.63, 3.8) is 0 Å². The second-order valence-electron chi connectivity index (χ2n) is 7.41. The van der Waals surface area contributed by atoms with Gasteiger partial charge in [0.25, 0.3) is 5.91 Å². The van der Waals surface area contributed by atoms with E-state index < -0.39 is 0 Å². The molecule has 8 heteroatoms. The zero-order chi connectivity index (χ0) is 21.2. The van der Waals surface area contributed by atoms with Crippen molar-refractivity contribution in [2.75, 3.05) is 13.1 Å². The third kappa shape index (κ3) is 3.98. The lowest BCUT2D eigenvalue weighted by Crippen LogP contribution is -2.39. The molecule has 2 aromatic heterocycles. The number of halogens is 1. The third-order valence-corrected chi connectivity index (χ3v) is 6.46. The number of piperidine rings is 1. The molecule has 1 saturated heterocycles. The molecule has 1 atom stereocenters. The second kappa shape index (κ2) is 8.39. The van der Waals surface area contributed by atoms with Gasteiger partial charge in [0.1, 0.15) is 10.8 Å². The van der Waals surface area contributed by atoms with Gasteiger partial charge < -0.3 is 9.32 Å². The van der Waals surface area contributed by atoms with E-state index in [0.29, 0.717) is 29.6 Å². The number of amides is 1. The molecule has 0 radical (unpaired) electrons. The Morgan fingerprint density at radius 1 is 1.10 bits per heavy atom. The summed E-state index contributed by atoms with van der Waals surface area (Å²) < 4.78 is 19.8. The number of rotatable bonds is 4. The maximum atomic E-state index is 14.1. The number of aromatic nitrogens is 3. The molecule has 1 aliphatic rings. The van der Waals surface area contributed by atoms with Gasteiger partial charge in [-0.1, -0.05) is 41.7 Å². The van der Waals surface area contributed by atoms with Crippen molar-refractivity contribution in [3.05, 3.63) is 77.4 Å². The molecule has 1 fully saturated rings. The Morgan fingerprint density at radius 3 is 2.74 bits per heavy atom. The number of nitrogens with zero attached hydrogens (tertiary/aromatic N) is 4. The molecule has 0 N–H and O–H groups in total. The van der Waals surface area contributed by atoms with Crippen LogP contribution in [0.3, 0.4) is 0 Å². The van der Waals surface area contributed by atoms with Crippen molar-refractivity contribution in [3.8, 4) is 22.0 Å². The molecular formula is C23H19FN4O2S. The Kier molecular flexibility index (Phi) is 5.30. The van der Waals surface area contributed by atoms with Crippen LogP contribution in [0.1, 0.15) is 34.3 Å². The summed E-state index contributed by atoms with van der Waals surface area (Å²) in [5.74, 6) is 0.218. The van der Waals surface area contributed by atoms with Gasteiger partial charge in [0, 0.05) is 30.1 Å². The quantitative estimate of drug-likeness (QED) is 0.451. The van der Waals surface area contributed by atoms with Gasteiger partial charge in [-0.15, -0.1) is 10.2 Å². The van der Waals surface area contributed by atoms with Crippen molar-refractivity contribution in [1.29, 1.82) is 0 Å². The summed E-state index contributed by atoms with van der Waals surface area (Å²) in [4.78, 5) is 19.0. The molecule has 3 heterocycles. The van der Waals surface area contributed by atoms with Crippen molar-refractivity contribution in [2.45, 2.75) is 18.8 Å². The average Bonchev–Trinajstić information content (AvgIpc) is 3.50. The van der Waals surface area contributed by atoms with Gasteiger partial charge in [0.15, 0.2) is 5.01 Å². The highest BCUT2D eigenvalue weighted by molar-refractivity contribution is 7.14. The number of hydrogen-bond donors (Lipinski definition) is 0. The number of carbonyl (C=O) groups excluding carboxylic acids is 1. The van der Waals surface area contributed by atoms with Gasteiger partial charge in [0.2, 0.25) is 11.7 Å². The molecule has 156 valence electrons. The molecular weight excluding hydrogens is 415 g/mol. The lowest BCUT2D eigenvalue weighted by Gasteiger charge is -2.30. The number of carbonyl (C=O) groups is 1. The summed E-state index contributed by atoms with van der Waals surface area (Å²) in [6, 6.07) is 16.0. The first-order valence-corrected chi connectivity index (χ1v) is 10.9. The second-order valence-corrected chi connectivity index (χ2v) is 8.42. The highest BCUT2D eigenvalue weighted by Crippen LogP contribution is 2.34. The molecule has 2 aromatic carbocycles. The van der Waals surface area contributed by atoms with E-state index in [1.807, 2.05) is 30.3 Å². The Bertz CT molecular complexity index is 1210. The first-order valence-electron chi connectivity index (χ1n) is 10.1. The Hall–Kier alpha value is -3.39. The largest absolute Gasteiger partial charge is 0.431 e. The summed E-state index contributed by atoms with van der Waals surface area (Å²) in [7, 11) is 0. The van der Waals surface area contributed by atoms with E-state index >= 15 is 0 Å². The summed E-state index contributed by atoms with van der Waals surface area (Å²) in [6.45, 7) is 1.17. The number of hydrogen-bond acceptors (Lipinski definition) is 6. The summed E-state index contributed by atoms with van der Waals surface area (Å²) >= 11 is 1.38. The van der Waals surface area contributed by atoms with Crippen molar-refractivity contribution in [1.82, 2.24) is 20.1 Å². The van der Waals surface area contributed by atoms with Gasteiger partial charge in [-0.05, 0) is 37.1 Å². The molecule has 0 bridgehead atoms. The van der Waals surface area contributed by atoms with E-state index in [0.717, 1.165) is 23.4 Å². The molecule has 6 nitrogen and oxygen atoms in total.